The number of phosphoric acid groups is 1. The highest BCUT2D eigenvalue weighted by atomic mass is 31.2. The molecular weight excluding hydrogens is 461 g/mol. The Kier molecular flexibility index (Phi) is 21.6. The molecule has 0 aromatic rings. The van der Waals surface area contributed by atoms with E-state index in [-0.39, 0.29) is 24.9 Å². The molecule has 7 heteroatoms. The Labute approximate surface area is 217 Å². The van der Waals surface area contributed by atoms with E-state index >= 15 is 0 Å². The number of Topliss-reactive ketones (excluding diaryl/α,β-unsaturated/α-hetero) is 1. The minimum atomic E-state index is -4.09. The molecule has 6 nitrogen and oxygen atoms in total. The molecule has 0 saturated carbocycles. The van der Waals surface area contributed by atoms with Crippen LogP contribution in [0.5, 0.6) is 0 Å². The summed E-state index contributed by atoms with van der Waals surface area (Å²) in [5, 5.41) is 0. The fourth-order valence-electron chi connectivity index (χ4n) is 4.24. The van der Waals surface area contributed by atoms with Crippen LogP contribution in [-0.4, -0.2) is 56.1 Å². The SMILES string of the molecule is CCCCCCCCCCCCCCCCC(COP(=O)(O)OCC[N+](C)(C)C)CC(=O)CCC. The van der Waals surface area contributed by atoms with Gasteiger partial charge in [-0.25, -0.2) is 4.57 Å². The first-order valence-electron chi connectivity index (χ1n) is 14.5. The molecule has 0 amide bonds. The van der Waals surface area contributed by atoms with E-state index in [9.17, 15) is 14.3 Å². The molecule has 35 heavy (non-hydrogen) atoms. The molecule has 1 N–H and O–H groups in total. The molecule has 0 saturated heterocycles. The van der Waals surface area contributed by atoms with Crippen LogP contribution in [0.4, 0.5) is 0 Å². The van der Waals surface area contributed by atoms with Crippen molar-refractivity contribution in [3.63, 3.8) is 0 Å². The Bertz CT molecular complexity index is 550. The molecule has 0 spiro atoms. The van der Waals surface area contributed by atoms with Gasteiger partial charge in [-0.2, -0.15) is 0 Å². The van der Waals surface area contributed by atoms with E-state index in [1.807, 2.05) is 28.1 Å². The monoisotopic (exact) mass is 520 g/mol. The number of unbranched alkanes of at least 4 members (excludes halogenated alkanes) is 13. The zero-order valence-corrected chi connectivity index (χ0v) is 24.8. The number of quaternary nitrogens is 1. The van der Waals surface area contributed by atoms with E-state index in [0.29, 0.717) is 23.9 Å². The Morgan fingerprint density at radius 1 is 0.771 bits per heavy atom. The summed E-state index contributed by atoms with van der Waals surface area (Å²) in [7, 11) is 1.91. The van der Waals surface area contributed by atoms with E-state index in [1.165, 1.54) is 77.0 Å². The van der Waals surface area contributed by atoms with Crippen LogP contribution >= 0.6 is 7.82 Å². The summed E-state index contributed by atoms with van der Waals surface area (Å²) < 4.78 is 23.3. The highest BCUT2D eigenvalue weighted by Crippen LogP contribution is 2.44. The predicted octanol–water partition coefficient (Wildman–Crippen LogP) is 8.07. The number of rotatable bonds is 26. The van der Waals surface area contributed by atoms with E-state index in [0.717, 1.165) is 25.7 Å². The van der Waals surface area contributed by atoms with Crippen molar-refractivity contribution < 1.29 is 27.8 Å². The Balaban J connectivity index is 4.05. The van der Waals surface area contributed by atoms with Gasteiger partial charge in [-0.1, -0.05) is 104 Å². The minimum Gasteiger partial charge on any atom is -0.329 e. The van der Waals surface area contributed by atoms with E-state index in [1.54, 1.807) is 0 Å². The topological polar surface area (TPSA) is 72.8 Å². The minimum absolute atomic E-state index is 0.0196. The lowest BCUT2D eigenvalue weighted by Gasteiger charge is -2.24. The molecule has 0 aromatic heterocycles. The maximum absolute atomic E-state index is 12.2. The molecular formula is C28H59NO5P+. The summed E-state index contributed by atoms with van der Waals surface area (Å²) in [5.41, 5.74) is 0. The molecule has 0 rings (SSSR count). The number of phosphoric ester groups is 1. The summed E-state index contributed by atoms with van der Waals surface area (Å²) >= 11 is 0. The first kappa shape index (κ1) is 34.7. The number of ketones is 1. The van der Waals surface area contributed by atoms with E-state index in [4.69, 9.17) is 9.05 Å². The van der Waals surface area contributed by atoms with Gasteiger partial charge in [-0.3, -0.25) is 13.8 Å². The lowest BCUT2D eigenvalue weighted by Crippen LogP contribution is -2.37. The number of carbonyl (C=O) groups excluding carboxylic acids is 1. The van der Waals surface area contributed by atoms with Crippen molar-refractivity contribution >= 4 is 13.6 Å². The normalized spacial score (nSPS) is 14.7. The van der Waals surface area contributed by atoms with Gasteiger partial charge in [0.2, 0.25) is 0 Å². The van der Waals surface area contributed by atoms with Gasteiger partial charge in [0.05, 0.1) is 27.7 Å². The molecule has 210 valence electrons. The van der Waals surface area contributed by atoms with Crippen molar-refractivity contribution in [1.82, 2.24) is 0 Å². The number of hydrogen-bond donors (Lipinski definition) is 1. The van der Waals surface area contributed by atoms with Crippen LogP contribution in [0.3, 0.4) is 0 Å². The second-order valence-corrected chi connectivity index (χ2v) is 12.8. The maximum Gasteiger partial charge on any atom is 0.472 e. The standard InChI is InChI=1S/C28H58NO5P/c1-6-8-9-10-11-12-13-14-15-16-17-18-19-20-22-27(25-28(30)21-7-2)26-34-35(31,32)33-24-23-29(3,4)5/h27H,6-26H2,1-5H3/p+1. The summed E-state index contributed by atoms with van der Waals surface area (Å²) in [5.74, 6) is 0.194. The number of likely N-dealkylation sites (N-methyl/N-ethyl adjacent to an activating group) is 1. The van der Waals surface area contributed by atoms with Crippen molar-refractivity contribution in [2.75, 3.05) is 40.9 Å². The molecule has 2 unspecified atom stereocenters. The first-order chi connectivity index (χ1) is 16.6. The smallest absolute Gasteiger partial charge is 0.329 e. The van der Waals surface area contributed by atoms with Crippen LogP contribution in [0.1, 0.15) is 129 Å². The van der Waals surface area contributed by atoms with Crippen LogP contribution in [0.2, 0.25) is 0 Å². The van der Waals surface area contributed by atoms with Crippen LogP contribution in [0.25, 0.3) is 0 Å². The van der Waals surface area contributed by atoms with E-state index < -0.39 is 7.82 Å². The van der Waals surface area contributed by atoms with Crippen LogP contribution < -0.4 is 0 Å². The van der Waals surface area contributed by atoms with Gasteiger partial charge in [0.1, 0.15) is 18.9 Å². The van der Waals surface area contributed by atoms with Crippen molar-refractivity contribution in [2.24, 2.45) is 5.92 Å². The third-order valence-electron chi connectivity index (χ3n) is 6.50. The van der Waals surface area contributed by atoms with Crippen molar-refractivity contribution in [3.05, 3.63) is 0 Å². The number of nitrogens with zero attached hydrogens (tertiary/aromatic N) is 1. The van der Waals surface area contributed by atoms with Gasteiger partial charge in [-0.15, -0.1) is 0 Å². The van der Waals surface area contributed by atoms with Gasteiger partial charge < -0.3 is 9.38 Å². The quantitative estimate of drug-likeness (QED) is 0.0709. The zero-order chi connectivity index (χ0) is 26.4. The molecule has 0 bridgehead atoms. The first-order valence-corrected chi connectivity index (χ1v) is 16.0. The van der Waals surface area contributed by atoms with Gasteiger partial charge in [0, 0.05) is 12.8 Å². The van der Waals surface area contributed by atoms with Gasteiger partial charge in [0.15, 0.2) is 0 Å². The van der Waals surface area contributed by atoms with Crippen molar-refractivity contribution in [2.45, 2.75) is 129 Å². The largest absolute Gasteiger partial charge is 0.472 e. The van der Waals surface area contributed by atoms with Gasteiger partial charge >= 0.3 is 7.82 Å². The average Bonchev–Trinajstić information content (AvgIpc) is 2.76. The van der Waals surface area contributed by atoms with Crippen LogP contribution in [0.15, 0.2) is 0 Å². The fraction of sp³-hybridized carbons (Fsp3) is 0.964. The highest BCUT2D eigenvalue weighted by Gasteiger charge is 2.25. The second-order valence-electron chi connectivity index (χ2n) is 11.4. The number of carbonyl (C=O) groups is 1. The Morgan fingerprint density at radius 2 is 1.26 bits per heavy atom. The zero-order valence-electron chi connectivity index (χ0n) is 23.9. The molecule has 0 aliphatic carbocycles. The van der Waals surface area contributed by atoms with Gasteiger partial charge in [0.25, 0.3) is 0 Å². The summed E-state index contributed by atoms with van der Waals surface area (Å²) in [6, 6.07) is 0. The predicted molar refractivity (Wildman–Crippen MR) is 148 cm³/mol. The van der Waals surface area contributed by atoms with Gasteiger partial charge in [-0.05, 0) is 18.8 Å². The highest BCUT2D eigenvalue weighted by molar-refractivity contribution is 7.47. The second kappa shape index (κ2) is 21.8. The summed E-state index contributed by atoms with van der Waals surface area (Å²) in [6.45, 7) is 5.15. The molecule has 0 radical (unpaired) electrons. The lowest BCUT2D eigenvalue weighted by atomic mass is 9.94. The molecule has 0 fully saturated rings. The Morgan fingerprint density at radius 3 is 1.71 bits per heavy atom. The molecule has 0 aliphatic heterocycles. The molecule has 0 heterocycles. The average molecular weight is 521 g/mol. The van der Waals surface area contributed by atoms with Crippen LogP contribution in [-0.2, 0) is 18.4 Å². The third-order valence-corrected chi connectivity index (χ3v) is 7.49. The molecule has 2 atom stereocenters. The number of hydrogen-bond acceptors (Lipinski definition) is 4. The van der Waals surface area contributed by atoms with E-state index in [2.05, 4.69) is 6.92 Å². The molecule has 0 aromatic carbocycles. The van der Waals surface area contributed by atoms with Crippen molar-refractivity contribution in [3.8, 4) is 0 Å². The Hall–Kier alpha value is -0.260. The summed E-state index contributed by atoms with van der Waals surface area (Å²) in [4.78, 5) is 22.2. The lowest BCUT2D eigenvalue weighted by molar-refractivity contribution is -0.870. The molecule has 0 aliphatic rings. The van der Waals surface area contributed by atoms with Crippen LogP contribution in [0, 0.1) is 5.92 Å². The fourth-order valence-corrected chi connectivity index (χ4v) is 5.03. The van der Waals surface area contributed by atoms with Crippen molar-refractivity contribution in [1.29, 1.82) is 0 Å². The summed E-state index contributed by atoms with van der Waals surface area (Å²) in [6.07, 6.45) is 21.1. The third kappa shape index (κ3) is 25.2. The maximum atomic E-state index is 12.2.